The van der Waals surface area contributed by atoms with Crippen LogP contribution in [-0.4, -0.2) is 26.6 Å². The lowest BCUT2D eigenvalue weighted by Crippen LogP contribution is -2.11. The van der Waals surface area contributed by atoms with Gasteiger partial charge in [0.15, 0.2) is 5.65 Å². The van der Waals surface area contributed by atoms with Crippen molar-refractivity contribution in [1.29, 1.82) is 0 Å². The Balaban J connectivity index is 2.09. The first-order valence-corrected chi connectivity index (χ1v) is 6.80. The second-order valence-corrected chi connectivity index (χ2v) is 4.88. The average molecular weight is 281 g/mol. The molecule has 2 aromatic rings. The first-order chi connectivity index (χ1) is 9.11. The summed E-state index contributed by atoms with van der Waals surface area (Å²) in [6.07, 6.45) is 3.80. The quantitative estimate of drug-likeness (QED) is 0.676. The van der Waals surface area contributed by atoms with E-state index >= 15 is 0 Å². The van der Waals surface area contributed by atoms with Crippen LogP contribution in [0.3, 0.4) is 0 Å². The van der Waals surface area contributed by atoms with Gasteiger partial charge >= 0.3 is 0 Å². The van der Waals surface area contributed by atoms with E-state index in [2.05, 4.69) is 15.4 Å². The summed E-state index contributed by atoms with van der Waals surface area (Å²) >= 11 is 5.58. The molecule has 2 rings (SSSR count). The van der Waals surface area contributed by atoms with Crippen molar-refractivity contribution in [3.63, 3.8) is 0 Å². The largest absolute Gasteiger partial charge is 0.325 e. The van der Waals surface area contributed by atoms with Gasteiger partial charge in [-0.2, -0.15) is 5.10 Å². The number of hydrogen-bond donors (Lipinski definition) is 1. The predicted octanol–water partition coefficient (Wildman–Crippen LogP) is 2.62. The number of amides is 1. The van der Waals surface area contributed by atoms with Crippen molar-refractivity contribution in [1.82, 2.24) is 14.8 Å². The molecule has 0 aliphatic rings. The number of aryl methyl sites for hydroxylation is 2. The zero-order valence-corrected chi connectivity index (χ0v) is 11.9. The Hall–Kier alpha value is -1.62. The maximum Gasteiger partial charge on any atom is 0.224 e. The first-order valence-electron chi connectivity index (χ1n) is 6.27. The highest BCUT2D eigenvalue weighted by molar-refractivity contribution is 6.17. The van der Waals surface area contributed by atoms with Crippen LogP contribution in [0.2, 0.25) is 0 Å². The number of rotatable bonds is 5. The lowest BCUT2D eigenvalue weighted by molar-refractivity contribution is -0.116. The van der Waals surface area contributed by atoms with Crippen LogP contribution in [0.15, 0.2) is 12.3 Å². The number of hydrogen-bond acceptors (Lipinski definition) is 3. The van der Waals surface area contributed by atoms with Gasteiger partial charge in [0.05, 0.1) is 17.6 Å². The van der Waals surface area contributed by atoms with Crippen LogP contribution in [-0.2, 0) is 11.8 Å². The summed E-state index contributed by atoms with van der Waals surface area (Å²) in [5.74, 6) is 0.586. The minimum Gasteiger partial charge on any atom is -0.325 e. The molecule has 19 heavy (non-hydrogen) atoms. The maximum atomic E-state index is 11.7. The van der Waals surface area contributed by atoms with Crippen molar-refractivity contribution in [2.24, 2.45) is 7.05 Å². The number of fused-ring (bicyclic) bond motifs is 1. The topological polar surface area (TPSA) is 59.8 Å². The maximum absolute atomic E-state index is 11.7. The summed E-state index contributed by atoms with van der Waals surface area (Å²) in [6, 6.07) is 1.91. The number of aromatic nitrogens is 3. The molecular weight excluding hydrogens is 264 g/mol. The molecule has 0 unspecified atom stereocenters. The van der Waals surface area contributed by atoms with Crippen LogP contribution < -0.4 is 5.32 Å². The fourth-order valence-electron chi connectivity index (χ4n) is 1.98. The highest BCUT2D eigenvalue weighted by Crippen LogP contribution is 2.19. The first kappa shape index (κ1) is 13.8. The smallest absolute Gasteiger partial charge is 0.224 e. The molecule has 2 aromatic heterocycles. The van der Waals surface area contributed by atoms with Crippen molar-refractivity contribution in [3.8, 4) is 0 Å². The van der Waals surface area contributed by atoms with Crippen molar-refractivity contribution in [2.75, 3.05) is 11.2 Å². The van der Waals surface area contributed by atoms with Crippen LogP contribution >= 0.6 is 11.6 Å². The average Bonchev–Trinajstić information content (AvgIpc) is 2.65. The second kappa shape index (κ2) is 6.02. The Kier molecular flexibility index (Phi) is 4.37. The Morgan fingerprint density at radius 3 is 3.00 bits per heavy atom. The zero-order valence-electron chi connectivity index (χ0n) is 11.1. The molecule has 0 atom stereocenters. The fourth-order valence-corrected chi connectivity index (χ4v) is 2.17. The van der Waals surface area contributed by atoms with E-state index in [1.54, 1.807) is 10.9 Å². The minimum atomic E-state index is -0.00666. The lowest BCUT2D eigenvalue weighted by Gasteiger charge is -2.04. The number of nitrogens with one attached hydrogen (secondary N) is 1. The molecule has 0 fully saturated rings. The number of anilines is 1. The standard InChI is InChI=1S/C13H17ClN4O/c1-9-11-7-10(8-15-13(11)18(2)17-9)16-12(19)5-3-4-6-14/h7-8H,3-6H2,1-2H3,(H,16,19). The predicted molar refractivity (Wildman–Crippen MR) is 76.4 cm³/mol. The summed E-state index contributed by atoms with van der Waals surface area (Å²) < 4.78 is 1.73. The van der Waals surface area contributed by atoms with Gasteiger partial charge in [0, 0.05) is 24.7 Å². The van der Waals surface area contributed by atoms with Crippen LogP contribution in [0.4, 0.5) is 5.69 Å². The fraction of sp³-hybridized carbons (Fsp3) is 0.462. The van der Waals surface area contributed by atoms with Crippen LogP contribution in [0.5, 0.6) is 0 Å². The van der Waals surface area contributed by atoms with Crippen molar-refractivity contribution >= 4 is 34.2 Å². The summed E-state index contributed by atoms with van der Waals surface area (Å²) in [5, 5.41) is 8.11. The SMILES string of the molecule is Cc1nn(C)c2ncc(NC(=O)CCCCCl)cc12. The van der Waals surface area contributed by atoms with Gasteiger partial charge in [0.1, 0.15) is 0 Å². The van der Waals surface area contributed by atoms with E-state index in [4.69, 9.17) is 11.6 Å². The van der Waals surface area contributed by atoms with Crippen LogP contribution in [0.25, 0.3) is 11.0 Å². The monoisotopic (exact) mass is 280 g/mol. The number of alkyl halides is 1. The van der Waals surface area contributed by atoms with Crippen LogP contribution in [0, 0.1) is 6.92 Å². The van der Waals surface area contributed by atoms with Gasteiger partial charge in [-0.3, -0.25) is 9.48 Å². The minimum absolute atomic E-state index is 0.00666. The van der Waals surface area contributed by atoms with Gasteiger partial charge in [-0.25, -0.2) is 4.98 Å². The molecule has 2 heterocycles. The summed E-state index contributed by atoms with van der Waals surface area (Å²) in [6.45, 7) is 1.93. The lowest BCUT2D eigenvalue weighted by atomic mass is 10.2. The van der Waals surface area contributed by atoms with Gasteiger partial charge < -0.3 is 5.32 Å². The van der Waals surface area contributed by atoms with Gasteiger partial charge in [-0.05, 0) is 25.8 Å². The van der Waals surface area contributed by atoms with E-state index in [0.29, 0.717) is 18.0 Å². The molecule has 102 valence electrons. The Bertz CT molecular complexity index is 594. The summed E-state index contributed by atoms with van der Waals surface area (Å²) in [5.41, 5.74) is 2.43. The number of carbonyl (C=O) groups is 1. The summed E-state index contributed by atoms with van der Waals surface area (Å²) in [7, 11) is 1.85. The highest BCUT2D eigenvalue weighted by Gasteiger charge is 2.08. The molecule has 0 radical (unpaired) electrons. The van der Waals surface area contributed by atoms with Gasteiger partial charge in [-0.1, -0.05) is 0 Å². The molecule has 0 spiro atoms. The third kappa shape index (κ3) is 3.23. The number of unbranched alkanes of at least 4 members (excludes halogenated alkanes) is 1. The highest BCUT2D eigenvalue weighted by atomic mass is 35.5. The van der Waals surface area contributed by atoms with Gasteiger partial charge in [0.25, 0.3) is 0 Å². The molecule has 0 saturated heterocycles. The normalized spacial score (nSPS) is 10.9. The van der Waals surface area contributed by atoms with Crippen molar-refractivity contribution in [3.05, 3.63) is 18.0 Å². The molecular formula is C13H17ClN4O. The molecule has 1 N–H and O–H groups in total. The molecule has 1 amide bonds. The number of pyridine rings is 1. The van der Waals surface area contributed by atoms with Gasteiger partial charge in [-0.15, -0.1) is 11.6 Å². The Morgan fingerprint density at radius 2 is 2.26 bits per heavy atom. The molecule has 0 saturated carbocycles. The summed E-state index contributed by atoms with van der Waals surface area (Å²) in [4.78, 5) is 16.0. The molecule has 0 aliphatic heterocycles. The third-order valence-corrected chi connectivity index (χ3v) is 3.20. The van der Waals surface area contributed by atoms with E-state index in [0.717, 1.165) is 29.6 Å². The molecule has 0 bridgehead atoms. The molecule has 5 nitrogen and oxygen atoms in total. The van der Waals surface area contributed by atoms with Crippen LogP contribution in [0.1, 0.15) is 25.0 Å². The Morgan fingerprint density at radius 1 is 1.47 bits per heavy atom. The van der Waals surface area contributed by atoms with Gasteiger partial charge in [0.2, 0.25) is 5.91 Å². The van der Waals surface area contributed by atoms with E-state index < -0.39 is 0 Å². The Labute approximate surface area is 117 Å². The van der Waals surface area contributed by atoms with E-state index in [1.807, 2.05) is 20.0 Å². The third-order valence-electron chi connectivity index (χ3n) is 2.93. The van der Waals surface area contributed by atoms with Crippen molar-refractivity contribution < 1.29 is 4.79 Å². The molecule has 6 heteroatoms. The van der Waals surface area contributed by atoms with Crippen molar-refractivity contribution in [2.45, 2.75) is 26.2 Å². The van der Waals surface area contributed by atoms with E-state index in [-0.39, 0.29) is 5.91 Å². The second-order valence-electron chi connectivity index (χ2n) is 4.50. The number of carbonyl (C=O) groups excluding carboxylic acids is 1. The van der Waals surface area contributed by atoms with E-state index in [1.165, 1.54) is 0 Å². The zero-order chi connectivity index (χ0) is 13.8. The molecule has 0 aliphatic carbocycles. The van der Waals surface area contributed by atoms with E-state index in [9.17, 15) is 4.79 Å². The number of nitrogens with zero attached hydrogens (tertiary/aromatic N) is 3. The molecule has 0 aromatic carbocycles. The number of halogens is 1.